The van der Waals surface area contributed by atoms with Crippen molar-refractivity contribution in [1.82, 2.24) is 0 Å². The van der Waals surface area contributed by atoms with E-state index in [4.69, 9.17) is 17.3 Å². The van der Waals surface area contributed by atoms with Crippen LogP contribution < -0.4 is 5.73 Å². The van der Waals surface area contributed by atoms with Gasteiger partial charge in [0.15, 0.2) is 0 Å². The van der Waals surface area contributed by atoms with E-state index in [2.05, 4.69) is 15.9 Å². The van der Waals surface area contributed by atoms with Crippen molar-refractivity contribution in [2.24, 2.45) is 5.73 Å². The van der Waals surface area contributed by atoms with Crippen LogP contribution in [-0.4, -0.2) is 0 Å². The van der Waals surface area contributed by atoms with Gasteiger partial charge in [0.25, 0.3) is 0 Å². The molecule has 100 valence electrons. The molecular formula is C15H14BrClFN. The van der Waals surface area contributed by atoms with E-state index < -0.39 is 5.82 Å². The largest absolute Gasteiger partial charge is 0.324 e. The Morgan fingerprint density at radius 3 is 2.74 bits per heavy atom. The second kappa shape index (κ2) is 6.04. The summed E-state index contributed by atoms with van der Waals surface area (Å²) in [5.41, 5.74) is 9.19. The van der Waals surface area contributed by atoms with Gasteiger partial charge in [-0.3, -0.25) is 0 Å². The molecule has 2 N–H and O–H groups in total. The van der Waals surface area contributed by atoms with E-state index in [1.54, 1.807) is 12.1 Å². The minimum atomic E-state index is -0.408. The maximum atomic E-state index is 13.4. The molecule has 0 aliphatic rings. The molecule has 0 heterocycles. The standard InChI is InChI=1S/C15H14BrClFN/c1-9-3-2-4-11(15(9)16)14(19)8-10-5-6-12(17)13(18)7-10/h2-7,14H,8,19H2,1H3. The van der Waals surface area contributed by atoms with Crippen molar-refractivity contribution in [2.45, 2.75) is 19.4 Å². The van der Waals surface area contributed by atoms with Gasteiger partial charge in [-0.05, 0) is 42.2 Å². The van der Waals surface area contributed by atoms with Crippen LogP contribution in [-0.2, 0) is 6.42 Å². The summed E-state index contributed by atoms with van der Waals surface area (Å²) in [6.07, 6.45) is 0.566. The number of benzene rings is 2. The van der Waals surface area contributed by atoms with Crippen molar-refractivity contribution in [2.75, 3.05) is 0 Å². The van der Waals surface area contributed by atoms with Crippen LogP contribution in [0.5, 0.6) is 0 Å². The Labute approximate surface area is 125 Å². The van der Waals surface area contributed by atoms with E-state index in [1.165, 1.54) is 6.07 Å². The molecule has 0 saturated heterocycles. The highest BCUT2D eigenvalue weighted by molar-refractivity contribution is 9.10. The minimum Gasteiger partial charge on any atom is -0.324 e. The quantitative estimate of drug-likeness (QED) is 0.852. The average Bonchev–Trinajstić information content (AvgIpc) is 2.37. The Hall–Kier alpha value is -0.900. The van der Waals surface area contributed by atoms with E-state index in [9.17, 15) is 4.39 Å². The maximum Gasteiger partial charge on any atom is 0.142 e. The summed E-state index contributed by atoms with van der Waals surface area (Å²) in [6.45, 7) is 2.02. The lowest BCUT2D eigenvalue weighted by Gasteiger charge is -2.15. The third-order valence-corrected chi connectivity index (χ3v) is 4.45. The van der Waals surface area contributed by atoms with Crippen LogP contribution in [0.4, 0.5) is 4.39 Å². The fourth-order valence-corrected chi connectivity index (χ4v) is 2.66. The van der Waals surface area contributed by atoms with Crippen LogP contribution in [0, 0.1) is 12.7 Å². The monoisotopic (exact) mass is 341 g/mol. The van der Waals surface area contributed by atoms with Crippen LogP contribution >= 0.6 is 27.5 Å². The Balaban J connectivity index is 2.23. The number of halogens is 3. The molecule has 4 heteroatoms. The summed E-state index contributed by atoms with van der Waals surface area (Å²) in [5.74, 6) is -0.408. The zero-order chi connectivity index (χ0) is 14.0. The first-order chi connectivity index (χ1) is 8.99. The van der Waals surface area contributed by atoms with Gasteiger partial charge in [0.2, 0.25) is 0 Å². The van der Waals surface area contributed by atoms with Crippen LogP contribution in [0.1, 0.15) is 22.7 Å². The Morgan fingerprint density at radius 2 is 2.05 bits per heavy atom. The van der Waals surface area contributed by atoms with Crippen molar-refractivity contribution in [1.29, 1.82) is 0 Å². The summed E-state index contributed by atoms with van der Waals surface area (Å²) in [5, 5.41) is 0.133. The molecule has 0 aliphatic heterocycles. The first kappa shape index (κ1) is 14.5. The van der Waals surface area contributed by atoms with Gasteiger partial charge in [-0.1, -0.05) is 51.8 Å². The summed E-state index contributed by atoms with van der Waals surface area (Å²) in [4.78, 5) is 0. The fourth-order valence-electron chi connectivity index (χ4n) is 1.99. The van der Waals surface area contributed by atoms with Crippen molar-refractivity contribution >= 4 is 27.5 Å². The first-order valence-corrected chi connectivity index (χ1v) is 7.10. The molecule has 0 spiro atoms. The van der Waals surface area contributed by atoms with Crippen molar-refractivity contribution < 1.29 is 4.39 Å². The van der Waals surface area contributed by atoms with Gasteiger partial charge in [0.05, 0.1) is 5.02 Å². The molecule has 0 aromatic heterocycles. The van der Waals surface area contributed by atoms with Crippen molar-refractivity contribution in [3.05, 3.63) is 68.4 Å². The molecule has 1 atom stereocenters. The summed E-state index contributed by atoms with van der Waals surface area (Å²) in [7, 11) is 0. The Morgan fingerprint density at radius 1 is 1.32 bits per heavy atom. The average molecular weight is 343 g/mol. The molecule has 1 nitrogen and oxygen atoms in total. The number of hydrogen-bond donors (Lipinski definition) is 1. The molecule has 0 bridgehead atoms. The molecule has 2 aromatic rings. The number of nitrogens with two attached hydrogens (primary N) is 1. The van der Waals surface area contributed by atoms with Crippen LogP contribution in [0.25, 0.3) is 0 Å². The number of hydrogen-bond acceptors (Lipinski definition) is 1. The number of rotatable bonds is 3. The lowest BCUT2D eigenvalue weighted by Crippen LogP contribution is -2.14. The highest BCUT2D eigenvalue weighted by Gasteiger charge is 2.12. The van der Waals surface area contributed by atoms with Gasteiger partial charge in [-0.15, -0.1) is 0 Å². The Bertz CT molecular complexity index is 601. The van der Waals surface area contributed by atoms with Crippen LogP contribution in [0.2, 0.25) is 5.02 Å². The molecule has 0 amide bonds. The van der Waals surface area contributed by atoms with E-state index in [1.807, 2.05) is 25.1 Å². The van der Waals surface area contributed by atoms with Gasteiger partial charge in [0, 0.05) is 10.5 Å². The molecule has 1 unspecified atom stereocenters. The first-order valence-electron chi connectivity index (χ1n) is 5.93. The Kier molecular flexibility index (Phi) is 4.61. The third kappa shape index (κ3) is 3.35. The summed E-state index contributed by atoms with van der Waals surface area (Å²) < 4.78 is 14.4. The SMILES string of the molecule is Cc1cccc(C(N)Cc2ccc(Cl)c(F)c2)c1Br. The molecule has 0 saturated carbocycles. The molecule has 0 radical (unpaired) electrons. The van der Waals surface area contributed by atoms with Gasteiger partial charge < -0.3 is 5.73 Å². The third-order valence-electron chi connectivity index (χ3n) is 3.06. The van der Waals surface area contributed by atoms with Gasteiger partial charge in [0.1, 0.15) is 5.82 Å². The lowest BCUT2D eigenvalue weighted by atomic mass is 9.98. The molecular weight excluding hydrogens is 329 g/mol. The van der Waals surface area contributed by atoms with Crippen LogP contribution in [0.15, 0.2) is 40.9 Å². The van der Waals surface area contributed by atoms with E-state index >= 15 is 0 Å². The molecule has 2 aromatic carbocycles. The van der Waals surface area contributed by atoms with Gasteiger partial charge >= 0.3 is 0 Å². The van der Waals surface area contributed by atoms with E-state index in [0.717, 1.165) is 21.2 Å². The van der Waals surface area contributed by atoms with Crippen molar-refractivity contribution in [3.8, 4) is 0 Å². The molecule has 0 aliphatic carbocycles. The smallest absolute Gasteiger partial charge is 0.142 e. The maximum absolute atomic E-state index is 13.4. The fraction of sp³-hybridized carbons (Fsp3) is 0.200. The van der Waals surface area contributed by atoms with E-state index in [0.29, 0.717) is 6.42 Å². The minimum absolute atomic E-state index is 0.133. The molecule has 19 heavy (non-hydrogen) atoms. The molecule has 0 fully saturated rings. The second-order valence-electron chi connectivity index (χ2n) is 4.54. The lowest BCUT2D eigenvalue weighted by molar-refractivity contribution is 0.622. The highest BCUT2D eigenvalue weighted by atomic mass is 79.9. The van der Waals surface area contributed by atoms with E-state index in [-0.39, 0.29) is 11.1 Å². The van der Waals surface area contributed by atoms with Crippen molar-refractivity contribution in [3.63, 3.8) is 0 Å². The second-order valence-corrected chi connectivity index (χ2v) is 5.74. The van der Waals surface area contributed by atoms with Gasteiger partial charge in [-0.25, -0.2) is 4.39 Å². The zero-order valence-electron chi connectivity index (χ0n) is 10.5. The number of aryl methyl sites for hydroxylation is 1. The van der Waals surface area contributed by atoms with Crippen LogP contribution in [0.3, 0.4) is 0 Å². The predicted octanol–water partition coefficient (Wildman–Crippen LogP) is 4.79. The zero-order valence-corrected chi connectivity index (χ0v) is 12.8. The topological polar surface area (TPSA) is 26.0 Å². The predicted molar refractivity (Wildman–Crippen MR) is 80.9 cm³/mol. The summed E-state index contributed by atoms with van der Waals surface area (Å²) in [6, 6.07) is 10.6. The van der Waals surface area contributed by atoms with Gasteiger partial charge in [-0.2, -0.15) is 0 Å². The molecule has 2 rings (SSSR count). The highest BCUT2D eigenvalue weighted by Crippen LogP contribution is 2.28. The normalized spacial score (nSPS) is 12.5. The summed E-state index contributed by atoms with van der Waals surface area (Å²) >= 11 is 9.21.